The van der Waals surface area contributed by atoms with Gasteiger partial charge in [0.25, 0.3) is 5.91 Å². The number of carbonyl (C=O) groups is 2. The van der Waals surface area contributed by atoms with Crippen molar-refractivity contribution >= 4 is 18.2 Å². The summed E-state index contributed by atoms with van der Waals surface area (Å²) in [5.41, 5.74) is 0.595. The van der Waals surface area contributed by atoms with E-state index in [1.807, 2.05) is 0 Å². The first kappa shape index (κ1) is 13.8. The molecule has 1 amide bonds. The smallest absolute Gasteiger partial charge is 0.354 e. The Balaban J connectivity index is 3.20. The van der Waals surface area contributed by atoms with E-state index in [0.29, 0.717) is 12.0 Å². The van der Waals surface area contributed by atoms with E-state index in [2.05, 4.69) is 9.98 Å². The molecule has 0 atom stereocenters. The number of carbonyl (C=O) groups excluding carboxylic acids is 1. The zero-order chi connectivity index (χ0) is 13.7. The van der Waals surface area contributed by atoms with Crippen LogP contribution in [-0.2, 0) is 6.42 Å². The van der Waals surface area contributed by atoms with Gasteiger partial charge in [0, 0.05) is 25.9 Å². The predicted molar refractivity (Wildman–Crippen MR) is 67.1 cm³/mol. The number of aromatic nitrogens is 1. The zero-order valence-corrected chi connectivity index (χ0v) is 10.5. The Kier molecular flexibility index (Phi) is 4.53. The molecule has 1 heterocycles. The van der Waals surface area contributed by atoms with Crippen LogP contribution in [0.3, 0.4) is 0 Å². The highest BCUT2D eigenvalue weighted by Gasteiger charge is 2.17. The quantitative estimate of drug-likeness (QED) is 0.637. The number of aromatic carboxylic acids is 1. The fourth-order valence-electron chi connectivity index (χ4n) is 1.47. The number of carboxylic acid groups (broad SMARTS) is 1. The van der Waals surface area contributed by atoms with Crippen molar-refractivity contribution in [3.8, 4) is 0 Å². The summed E-state index contributed by atoms with van der Waals surface area (Å²) >= 11 is 0. The minimum atomic E-state index is -1.14. The summed E-state index contributed by atoms with van der Waals surface area (Å²) in [4.78, 5) is 32.0. The van der Waals surface area contributed by atoms with Crippen molar-refractivity contribution in [3.05, 3.63) is 29.1 Å². The van der Waals surface area contributed by atoms with Crippen LogP contribution in [0.5, 0.6) is 0 Å². The van der Waals surface area contributed by atoms with Crippen LogP contribution in [0.1, 0.15) is 33.3 Å². The molecule has 1 N–H and O–H groups in total. The van der Waals surface area contributed by atoms with Gasteiger partial charge in [-0.15, -0.1) is 0 Å². The standard InChI is InChI=1S/C12H15N3O3/c1-4-8-9(11(16)14-7-15(2)3)5-6-13-10(8)12(17)18/h5-7H,4H2,1-3H3,(H,17,18)/b14-7+. The average molecular weight is 249 g/mol. The van der Waals surface area contributed by atoms with Crippen LogP contribution in [0, 0.1) is 0 Å². The predicted octanol–water partition coefficient (Wildman–Crippen LogP) is 1.07. The molecular weight excluding hydrogens is 234 g/mol. The molecule has 1 aromatic rings. The maximum Gasteiger partial charge on any atom is 0.354 e. The lowest BCUT2D eigenvalue weighted by atomic mass is 10.0. The van der Waals surface area contributed by atoms with Gasteiger partial charge in [0.15, 0.2) is 5.69 Å². The lowest BCUT2D eigenvalue weighted by Crippen LogP contribution is -2.13. The highest BCUT2D eigenvalue weighted by molar-refractivity contribution is 6.02. The summed E-state index contributed by atoms with van der Waals surface area (Å²) in [6.45, 7) is 1.77. The first-order chi connectivity index (χ1) is 8.47. The van der Waals surface area contributed by atoms with Crippen LogP contribution in [0.2, 0.25) is 0 Å². The van der Waals surface area contributed by atoms with Crippen molar-refractivity contribution in [2.24, 2.45) is 4.99 Å². The molecule has 0 aliphatic heterocycles. The van der Waals surface area contributed by atoms with E-state index >= 15 is 0 Å². The van der Waals surface area contributed by atoms with E-state index in [0.717, 1.165) is 0 Å². The number of nitrogens with zero attached hydrogens (tertiary/aromatic N) is 3. The minimum absolute atomic E-state index is 0.0941. The van der Waals surface area contributed by atoms with Gasteiger partial charge < -0.3 is 10.0 Å². The molecule has 0 fully saturated rings. The third kappa shape index (κ3) is 3.13. The maximum atomic E-state index is 11.9. The van der Waals surface area contributed by atoms with Gasteiger partial charge in [0.2, 0.25) is 0 Å². The minimum Gasteiger partial charge on any atom is -0.477 e. The van der Waals surface area contributed by atoms with Gasteiger partial charge in [0.05, 0.1) is 6.34 Å². The van der Waals surface area contributed by atoms with Gasteiger partial charge in [-0.05, 0) is 18.1 Å². The van der Waals surface area contributed by atoms with Gasteiger partial charge >= 0.3 is 5.97 Å². The van der Waals surface area contributed by atoms with Crippen LogP contribution in [0.25, 0.3) is 0 Å². The Hall–Kier alpha value is -2.24. The second-order valence-corrected chi connectivity index (χ2v) is 3.86. The number of aliphatic imine (C=N–C) groups is 1. The summed E-state index contributed by atoms with van der Waals surface area (Å²) in [7, 11) is 3.49. The molecule has 0 radical (unpaired) electrons. The first-order valence-electron chi connectivity index (χ1n) is 5.43. The summed E-state index contributed by atoms with van der Waals surface area (Å²) in [5, 5.41) is 9.00. The number of hydrogen-bond acceptors (Lipinski definition) is 3. The van der Waals surface area contributed by atoms with Crippen molar-refractivity contribution in [3.63, 3.8) is 0 Å². The molecule has 18 heavy (non-hydrogen) atoms. The second-order valence-electron chi connectivity index (χ2n) is 3.86. The fraction of sp³-hybridized carbons (Fsp3) is 0.333. The Morgan fingerprint density at radius 1 is 1.50 bits per heavy atom. The van der Waals surface area contributed by atoms with Crippen molar-refractivity contribution in [2.45, 2.75) is 13.3 Å². The number of pyridine rings is 1. The summed E-state index contributed by atoms with van der Waals surface area (Å²) in [5.74, 6) is -1.61. The van der Waals surface area contributed by atoms with Crippen LogP contribution in [0.4, 0.5) is 0 Å². The average Bonchev–Trinajstić information content (AvgIpc) is 2.34. The van der Waals surface area contributed by atoms with E-state index in [4.69, 9.17) is 5.11 Å². The fourth-order valence-corrected chi connectivity index (χ4v) is 1.47. The summed E-state index contributed by atoms with van der Waals surface area (Å²) in [6.07, 6.45) is 3.09. The van der Waals surface area contributed by atoms with E-state index in [9.17, 15) is 9.59 Å². The van der Waals surface area contributed by atoms with Crippen molar-refractivity contribution in [2.75, 3.05) is 14.1 Å². The molecule has 96 valence electrons. The second kappa shape index (κ2) is 5.90. The highest BCUT2D eigenvalue weighted by atomic mass is 16.4. The Labute approximate surface area is 105 Å². The van der Waals surface area contributed by atoms with Gasteiger partial charge in [-0.1, -0.05) is 6.92 Å². The molecule has 0 aromatic carbocycles. The van der Waals surface area contributed by atoms with Gasteiger partial charge in [-0.2, -0.15) is 4.99 Å². The van der Waals surface area contributed by atoms with Crippen LogP contribution in [-0.4, -0.2) is 47.3 Å². The molecule has 6 nitrogen and oxygen atoms in total. The Morgan fingerprint density at radius 3 is 2.67 bits per heavy atom. The third-order valence-electron chi connectivity index (χ3n) is 2.25. The number of amides is 1. The number of hydrogen-bond donors (Lipinski definition) is 1. The van der Waals surface area contributed by atoms with E-state index in [-0.39, 0.29) is 11.3 Å². The monoisotopic (exact) mass is 249 g/mol. The molecule has 6 heteroatoms. The molecule has 1 rings (SSSR count). The molecule has 0 bridgehead atoms. The van der Waals surface area contributed by atoms with Gasteiger partial charge in [-0.25, -0.2) is 9.78 Å². The maximum absolute atomic E-state index is 11.9. The largest absolute Gasteiger partial charge is 0.477 e. The summed E-state index contributed by atoms with van der Waals surface area (Å²) < 4.78 is 0. The van der Waals surface area contributed by atoms with Gasteiger partial charge in [0.1, 0.15) is 0 Å². The molecule has 0 saturated carbocycles. The Morgan fingerprint density at radius 2 is 2.17 bits per heavy atom. The molecule has 0 spiro atoms. The lowest BCUT2D eigenvalue weighted by Gasteiger charge is -2.07. The molecule has 0 aliphatic rings. The van der Waals surface area contributed by atoms with E-state index in [1.54, 1.807) is 25.9 Å². The van der Waals surface area contributed by atoms with Crippen molar-refractivity contribution in [1.29, 1.82) is 0 Å². The van der Waals surface area contributed by atoms with Crippen LogP contribution >= 0.6 is 0 Å². The van der Waals surface area contributed by atoms with Crippen LogP contribution < -0.4 is 0 Å². The highest BCUT2D eigenvalue weighted by Crippen LogP contribution is 2.14. The summed E-state index contributed by atoms with van der Waals surface area (Å²) in [6, 6.07) is 1.49. The van der Waals surface area contributed by atoms with E-state index in [1.165, 1.54) is 18.6 Å². The number of carboxylic acids is 1. The van der Waals surface area contributed by atoms with Gasteiger partial charge in [-0.3, -0.25) is 4.79 Å². The SMILES string of the molecule is CCc1c(C(=O)/N=C/N(C)C)ccnc1C(=O)O. The molecule has 0 saturated heterocycles. The Bertz CT molecular complexity index is 495. The molecule has 1 aromatic heterocycles. The van der Waals surface area contributed by atoms with Crippen molar-refractivity contribution < 1.29 is 14.7 Å². The normalized spacial score (nSPS) is 10.6. The third-order valence-corrected chi connectivity index (χ3v) is 2.25. The zero-order valence-electron chi connectivity index (χ0n) is 10.5. The molecular formula is C12H15N3O3. The molecule has 0 aliphatic carbocycles. The lowest BCUT2D eigenvalue weighted by molar-refractivity contribution is 0.0689. The van der Waals surface area contributed by atoms with Crippen molar-refractivity contribution in [1.82, 2.24) is 9.88 Å². The topological polar surface area (TPSA) is 82.9 Å². The van der Waals surface area contributed by atoms with Crippen LogP contribution in [0.15, 0.2) is 17.3 Å². The van der Waals surface area contributed by atoms with E-state index < -0.39 is 11.9 Å². The number of rotatable bonds is 4. The molecule has 0 unspecified atom stereocenters. The first-order valence-corrected chi connectivity index (χ1v) is 5.43.